The summed E-state index contributed by atoms with van der Waals surface area (Å²) in [5, 5.41) is 16.8. The number of sulfonamides is 2. The Kier molecular flexibility index (Phi) is 23.4. The number of anilines is 5. The summed E-state index contributed by atoms with van der Waals surface area (Å²) in [7, 11) is -7.22. The molecule has 92 heavy (non-hydrogen) atoms. The van der Waals surface area contributed by atoms with Gasteiger partial charge < -0.3 is 55.1 Å². The molecule has 6 fully saturated rings. The van der Waals surface area contributed by atoms with Gasteiger partial charge in [-0.3, -0.25) is 19.0 Å². The van der Waals surface area contributed by atoms with Crippen LogP contribution in [-0.2, 0) is 34.3 Å². The zero-order valence-electron chi connectivity index (χ0n) is 51.9. The first-order valence-corrected chi connectivity index (χ1v) is 35.0. The molecule has 0 unspecified atom stereocenters. The Morgan fingerprint density at radius 2 is 1.09 bits per heavy atom. The van der Waals surface area contributed by atoms with Crippen molar-refractivity contribution in [3.05, 3.63) is 98.4 Å². The maximum Gasteiger partial charge on any atom is 0.407 e. The molecule has 0 spiro atoms. The summed E-state index contributed by atoms with van der Waals surface area (Å²) in [6.45, 7) is 19.3. The van der Waals surface area contributed by atoms with E-state index in [9.17, 15) is 31.2 Å². The second kappa shape index (κ2) is 30.0. The molecule has 26 nitrogen and oxygen atoms in total. The number of morpholine rings is 2. The normalized spacial score (nSPS) is 20.7. The van der Waals surface area contributed by atoms with Gasteiger partial charge in [-0.1, -0.05) is 56.1 Å². The molecule has 0 aliphatic carbocycles. The van der Waals surface area contributed by atoms with E-state index >= 15 is 0 Å². The Balaban J connectivity index is 0.000000198. The van der Waals surface area contributed by atoms with E-state index in [0.29, 0.717) is 97.6 Å². The van der Waals surface area contributed by atoms with Crippen molar-refractivity contribution in [3.63, 3.8) is 0 Å². The third-order valence-electron chi connectivity index (χ3n) is 16.1. The number of nitrogens with zero attached hydrogens (tertiary/aromatic N) is 11. The molecule has 0 saturated carbocycles. The van der Waals surface area contributed by atoms with Crippen molar-refractivity contribution in [2.24, 2.45) is 17.6 Å². The number of ether oxygens (including phenoxy) is 3. The summed E-state index contributed by atoms with van der Waals surface area (Å²) >= 11 is 18.8. The van der Waals surface area contributed by atoms with Crippen LogP contribution in [-0.4, -0.2) is 196 Å². The predicted molar refractivity (Wildman–Crippen MR) is 361 cm³/mol. The van der Waals surface area contributed by atoms with Crippen LogP contribution in [0.4, 0.5) is 33.6 Å². The lowest BCUT2D eigenvalue weighted by Gasteiger charge is -2.38. The average molecular weight is 1400 g/mol. The summed E-state index contributed by atoms with van der Waals surface area (Å²) in [6.07, 6.45) is 5.03. The number of benzene rings is 2. The quantitative estimate of drug-likeness (QED) is 0.0731. The Hall–Kier alpha value is -6.21. The van der Waals surface area contributed by atoms with Crippen molar-refractivity contribution >= 4 is 125 Å². The highest BCUT2D eigenvalue weighted by Gasteiger charge is 2.38. The molecule has 6 N–H and O–H groups in total. The summed E-state index contributed by atoms with van der Waals surface area (Å²) in [5.41, 5.74) is 9.17. The molecule has 504 valence electrons. The minimum atomic E-state index is -3.61. The zero-order chi connectivity index (χ0) is 64.4. The van der Waals surface area contributed by atoms with Crippen LogP contribution in [0.3, 0.4) is 0 Å². The Labute approximate surface area is 559 Å². The number of likely N-dealkylation sites (tertiary alicyclic amines) is 2. The summed E-state index contributed by atoms with van der Waals surface area (Å²) in [6, 6.07) is 16.6. The minimum Gasteiger partial charge on any atom is -0.444 e. The SMILES string of the molecule is C.CC(C)(C)OC(=O)NC1CNC1.C[C@H]1CC[C@@H](c2cc3nc(Cl)cc(N4CCOCC4)n3n2)N(C(=O)c2cc(Cl)ccc2NS(C)(=O)=O)C1.C[C@H]1CC[C@@H](c2cc3nc(N4CC(N)C4)cc(N4CCOCC4)n3n2)N(C(=O)c2cc(Cl)ccc2NS(C)(=O)=O)C1.Cl. The molecular weight excluding hydrogens is 1310 g/mol. The monoisotopic (exact) mass is 1390 g/mol. The van der Waals surface area contributed by atoms with Crippen molar-refractivity contribution in [3.8, 4) is 0 Å². The first-order valence-electron chi connectivity index (χ1n) is 30.1. The molecule has 10 heterocycles. The van der Waals surface area contributed by atoms with Gasteiger partial charge in [0, 0.05) is 106 Å². The molecule has 2 aromatic carbocycles. The van der Waals surface area contributed by atoms with Crippen LogP contribution in [0.2, 0.25) is 15.2 Å². The number of fused-ring (bicyclic) bond motifs is 2. The molecule has 6 aliphatic rings. The molecule has 12 rings (SSSR count). The lowest BCUT2D eigenvalue weighted by Crippen LogP contribution is -2.57. The number of alkyl carbamates (subject to hydrolysis) is 1. The minimum absolute atomic E-state index is 0. The molecule has 4 aromatic heterocycles. The summed E-state index contributed by atoms with van der Waals surface area (Å²) in [5.74, 6) is 2.51. The van der Waals surface area contributed by atoms with E-state index in [-0.39, 0.29) is 96.2 Å². The number of rotatable bonds is 12. The number of piperidine rings is 2. The van der Waals surface area contributed by atoms with Gasteiger partial charge in [0.2, 0.25) is 20.0 Å². The van der Waals surface area contributed by atoms with Gasteiger partial charge in [0.05, 0.1) is 91.0 Å². The van der Waals surface area contributed by atoms with E-state index in [4.69, 9.17) is 69.9 Å². The molecule has 6 aliphatic heterocycles. The van der Waals surface area contributed by atoms with Crippen LogP contribution in [0.1, 0.15) is 112 Å². The third-order valence-corrected chi connectivity index (χ3v) is 17.9. The molecule has 0 bridgehead atoms. The van der Waals surface area contributed by atoms with Gasteiger partial charge >= 0.3 is 6.09 Å². The van der Waals surface area contributed by atoms with Crippen LogP contribution < -0.4 is 40.5 Å². The predicted octanol–water partition coefficient (Wildman–Crippen LogP) is 7.75. The highest BCUT2D eigenvalue weighted by atomic mass is 35.5. The molecule has 6 saturated heterocycles. The maximum absolute atomic E-state index is 14.1. The number of nitrogens with two attached hydrogens (primary N) is 1. The van der Waals surface area contributed by atoms with Crippen molar-refractivity contribution in [2.45, 2.75) is 97.5 Å². The zero-order valence-corrected chi connectivity index (χ0v) is 56.6. The van der Waals surface area contributed by atoms with Gasteiger partial charge in [0.15, 0.2) is 11.3 Å². The molecule has 6 aromatic rings. The van der Waals surface area contributed by atoms with Crippen LogP contribution in [0, 0.1) is 11.8 Å². The fraction of sp³-hybridized carbons (Fsp3) is 0.550. The number of hydrogen-bond acceptors (Lipinski definition) is 19. The van der Waals surface area contributed by atoms with Gasteiger partial charge in [-0.05, 0) is 94.7 Å². The van der Waals surface area contributed by atoms with Crippen LogP contribution in [0.15, 0.2) is 60.7 Å². The summed E-state index contributed by atoms with van der Waals surface area (Å²) < 4.78 is 72.7. The number of carbonyl (C=O) groups is 3. The fourth-order valence-corrected chi connectivity index (χ4v) is 13.3. The molecule has 0 radical (unpaired) electrons. The Morgan fingerprint density at radius 1 is 0.641 bits per heavy atom. The van der Waals surface area contributed by atoms with Crippen LogP contribution in [0.25, 0.3) is 11.3 Å². The topological polar surface area (TPSA) is 298 Å². The first-order chi connectivity index (χ1) is 42.6. The first kappa shape index (κ1) is 71.6. The number of carbonyl (C=O) groups excluding carboxylic acids is 3. The average Bonchev–Trinajstić information content (AvgIpc) is 1.57. The molecule has 3 amide bonds. The van der Waals surface area contributed by atoms with Gasteiger partial charge in [-0.2, -0.15) is 19.2 Å². The Morgan fingerprint density at radius 3 is 1.50 bits per heavy atom. The number of halogens is 4. The standard InChI is InChI=1S/C27H35ClN8O4S.C24H28Cl2N6O4S.C8H16N2O2.CH4.ClH/c1-17-3-6-23(35(14-17)27(37)20-11-18(28)4-5-21(20)32-41(2,38)39)22-12-25-30-24(34-15-19(29)16-34)13-26(36(25)31-22)33-7-9-40-10-8-33;1-15-3-6-20(31(14-15)24(33)17-11-16(25)4-5-18(17)29-37(2,34)35)19-12-22-27-21(26)13-23(32(22)28-19)30-7-9-36-10-8-30;1-8(2,3)12-7(11)10-6-4-9-5-6;;/h4-5,11-13,17,19,23,32H,3,6-10,14-16,29H2,1-2H3;4-5,11-13,15,20,29H,3,6-10,14H2,1-2H3;6,9H,4-5H2,1-3H3,(H,10,11);1H4;1H/t17-,23-;15-,20-;;;/m00.../s1. The van der Waals surface area contributed by atoms with Crippen LogP contribution in [0.5, 0.6) is 0 Å². The lowest BCUT2D eigenvalue weighted by molar-refractivity contribution is 0.0486. The maximum atomic E-state index is 14.1. The highest BCUT2D eigenvalue weighted by Crippen LogP contribution is 2.39. The van der Waals surface area contributed by atoms with E-state index in [0.717, 1.165) is 87.8 Å². The molecule has 32 heteroatoms. The smallest absolute Gasteiger partial charge is 0.407 e. The van der Waals surface area contributed by atoms with Gasteiger partial charge in [0.25, 0.3) is 11.8 Å². The molecular formula is C60H84Cl4N16O10S2. The van der Waals surface area contributed by atoms with Gasteiger partial charge in [-0.25, -0.2) is 31.6 Å². The number of nitrogens with one attached hydrogen (secondary N) is 4. The number of aromatic nitrogens is 6. The van der Waals surface area contributed by atoms with Crippen LogP contribution >= 0.6 is 47.2 Å². The van der Waals surface area contributed by atoms with Crippen molar-refractivity contribution in [2.75, 3.05) is 129 Å². The number of amides is 3. The van der Waals surface area contributed by atoms with Crippen molar-refractivity contribution < 1.29 is 45.4 Å². The fourth-order valence-electron chi connectivity index (χ4n) is 11.6. The lowest BCUT2D eigenvalue weighted by atomic mass is 9.91. The highest BCUT2D eigenvalue weighted by molar-refractivity contribution is 7.92. The van der Waals surface area contributed by atoms with E-state index in [1.807, 2.05) is 37.4 Å². The van der Waals surface area contributed by atoms with Crippen molar-refractivity contribution in [1.82, 2.24) is 49.6 Å². The third kappa shape index (κ3) is 18.0. The number of hydrogen-bond donors (Lipinski definition) is 5. The summed E-state index contributed by atoms with van der Waals surface area (Å²) in [4.78, 5) is 58.6. The second-order valence-electron chi connectivity index (χ2n) is 24.9. The van der Waals surface area contributed by atoms with Gasteiger partial charge in [0.1, 0.15) is 28.2 Å². The van der Waals surface area contributed by atoms with E-state index in [2.05, 4.69) is 59.7 Å². The van der Waals surface area contributed by atoms with E-state index < -0.39 is 25.6 Å². The molecule has 4 atom stereocenters. The van der Waals surface area contributed by atoms with Crippen molar-refractivity contribution in [1.29, 1.82) is 0 Å². The largest absolute Gasteiger partial charge is 0.444 e. The van der Waals surface area contributed by atoms with E-state index in [1.54, 1.807) is 32.5 Å². The Bertz CT molecular complexity index is 3840. The second-order valence-corrected chi connectivity index (χ2v) is 29.7. The van der Waals surface area contributed by atoms with Gasteiger partial charge in [-0.15, -0.1) is 12.4 Å². The van der Waals surface area contributed by atoms with E-state index in [1.165, 1.54) is 24.3 Å².